The van der Waals surface area contributed by atoms with Gasteiger partial charge in [0.1, 0.15) is 0 Å². The van der Waals surface area contributed by atoms with E-state index in [0.29, 0.717) is 11.7 Å². The number of benzene rings is 1. The Bertz CT molecular complexity index is 405. The number of ether oxygens (including phenoxy) is 1. The number of methoxy groups -OCH3 is 1. The Labute approximate surface area is 101 Å². The Balaban J connectivity index is 1.99. The van der Waals surface area contributed by atoms with Crippen LogP contribution in [0.2, 0.25) is 0 Å². The zero-order chi connectivity index (χ0) is 12.3. The van der Waals surface area contributed by atoms with Gasteiger partial charge in [-0.2, -0.15) is 0 Å². The standard InChI is InChI=1S/C13H17NO3/c1-17-12-5-6-14(9-12)8-10-3-2-4-11(7-10)13(15)16/h2-4,7,12H,5-6,8-9H2,1H3,(H,15,16). The quantitative estimate of drug-likeness (QED) is 0.861. The molecular weight excluding hydrogens is 218 g/mol. The van der Waals surface area contributed by atoms with E-state index >= 15 is 0 Å². The van der Waals surface area contributed by atoms with Crippen molar-refractivity contribution in [3.8, 4) is 0 Å². The fourth-order valence-corrected chi connectivity index (χ4v) is 2.19. The van der Waals surface area contributed by atoms with E-state index in [0.717, 1.165) is 31.6 Å². The van der Waals surface area contributed by atoms with Crippen LogP contribution in [0.15, 0.2) is 24.3 Å². The summed E-state index contributed by atoms with van der Waals surface area (Å²) in [6, 6.07) is 7.12. The van der Waals surface area contributed by atoms with Gasteiger partial charge in [0.25, 0.3) is 0 Å². The van der Waals surface area contributed by atoms with Crippen LogP contribution in [0.25, 0.3) is 0 Å². The van der Waals surface area contributed by atoms with Gasteiger partial charge < -0.3 is 9.84 Å². The highest BCUT2D eigenvalue weighted by molar-refractivity contribution is 5.87. The molecule has 1 fully saturated rings. The van der Waals surface area contributed by atoms with Gasteiger partial charge in [-0.3, -0.25) is 4.90 Å². The van der Waals surface area contributed by atoms with Crippen molar-refractivity contribution in [1.82, 2.24) is 4.90 Å². The number of carbonyl (C=O) groups is 1. The van der Waals surface area contributed by atoms with Crippen molar-refractivity contribution < 1.29 is 14.6 Å². The molecule has 1 aromatic carbocycles. The molecule has 1 saturated heterocycles. The van der Waals surface area contributed by atoms with Crippen molar-refractivity contribution in [3.63, 3.8) is 0 Å². The molecule has 1 aromatic rings. The summed E-state index contributed by atoms with van der Waals surface area (Å²) in [6.07, 6.45) is 1.37. The van der Waals surface area contributed by atoms with Crippen molar-refractivity contribution in [2.75, 3.05) is 20.2 Å². The summed E-state index contributed by atoms with van der Waals surface area (Å²) in [6.45, 7) is 2.73. The van der Waals surface area contributed by atoms with E-state index < -0.39 is 5.97 Å². The number of carboxylic acid groups (broad SMARTS) is 1. The third-order valence-electron chi connectivity index (χ3n) is 3.14. The Morgan fingerprint density at radius 3 is 3.06 bits per heavy atom. The molecule has 0 saturated carbocycles. The van der Waals surface area contributed by atoms with Gasteiger partial charge >= 0.3 is 5.97 Å². The van der Waals surface area contributed by atoms with Crippen molar-refractivity contribution >= 4 is 5.97 Å². The molecular formula is C13H17NO3. The minimum Gasteiger partial charge on any atom is -0.478 e. The van der Waals surface area contributed by atoms with Gasteiger partial charge in [-0.15, -0.1) is 0 Å². The molecule has 4 nitrogen and oxygen atoms in total. The zero-order valence-corrected chi connectivity index (χ0v) is 9.93. The third kappa shape index (κ3) is 3.05. The first-order valence-corrected chi connectivity index (χ1v) is 5.76. The minimum atomic E-state index is -0.872. The van der Waals surface area contributed by atoms with Crippen LogP contribution in [0.1, 0.15) is 22.3 Å². The van der Waals surface area contributed by atoms with E-state index in [1.54, 1.807) is 25.3 Å². The van der Waals surface area contributed by atoms with Gasteiger partial charge in [0, 0.05) is 26.7 Å². The van der Waals surface area contributed by atoms with E-state index in [4.69, 9.17) is 9.84 Å². The van der Waals surface area contributed by atoms with E-state index in [1.165, 1.54) is 0 Å². The number of rotatable bonds is 4. The van der Waals surface area contributed by atoms with Crippen LogP contribution in [0, 0.1) is 0 Å². The predicted molar refractivity (Wildman–Crippen MR) is 64.1 cm³/mol. The molecule has 0 aliphatic carbocycles. The van der Waals surface area contributed by atoms with Gasteiger partial charge in [-0.25, -0.2) is 4.79 Å². The second-order valence-corrected chi connectivity index (χ2v) is 4.39. The Morgan fingerprint density at radius 2 is 2.41 bits per heavy atom. The minimum absolute atomic E-state index is 0.317. The average Bonchev–Trinajstić information content (AvgIpc) is 2.77. The van der Waals surface area contributed by atoms with E-state index in [9.17, 15) is 4.79 Å². The molecule has 1 heterocycles. The van der Waals surface area contributed by atoms with Gasteiger partial charge in [0.15, 0.2) is 0 Å². The SMILES string of the molecule is COC1CCN(Cc2cccc(C(=O)O)c2)C1. The summed E-state index contributed by atoms with van der Waals surface area (Å²) in [4.78, 5) is 13.1. The van der Waals surface area contributed by atoms with Gasteiger partial charge in [0.05, 0.1) is 11.7 Å². The number of nitrogens with zero attached hydrogens (tertiary/aromatic N) is 1. The maximum atomic E-state index is 10.9. The molecule has 1 unspecified atom stereocenters. The van der Waals surface area contributed by atoms with Gasteiger partial charge in [-0.05, 0) is 24.1 Å². The highest BCUT2D eigenvalue weighted by atomic mass is 16.5. The summed E-state index contributed by atoms with van der Waals surface area (Å²) in [5.41, 5.74) is 1.40. The van der Waals surface area contributed by atoms with E-state index in [2.05, 4.69) is 4.90 Å². The molecule has 1 N–H and O–H groups in total. The van der Waals surface area contributed by atoms with E-state index in [1.807, 2.05) is 6.07 Å². The highest BCUT2D eigenvalue weighted by Crippen LogP contribution is 2.16. The Morgan fingerprint density at radius 1 is 1.59 bits per heavy atom. The third-order valence-corrected chi connectivity index (χ3v) is 3.14. The molecule has 17 heavy (non-hydrogen) atoms. The molecule has 0 bridgehead atoms. The molecule has 0 aromatic heterocycles. The van der Waals surface area contributed by atoms with Crippen molar-refractivity contribution in [3.05, 3.63) is 35.4 Å². The van der Waals surface area contributed by atoms with Gasteiger partial charge in [-0.1, -0.05) is 12.1 Å². The molecule has 1 atom stereocenters. The van der Waals surface area contributed by atoms with Crippen LogP contribution in [0.3, 0.4) is 0 Å². The van der Waals surface area contributed by atoms with E-state index in [-0.39, 0.29) is 0 Å². The molecule has 0 amide bonds. The number of carboxylic acids is 1. The van der Waals surface area contributed by atoms with Crippen molar-refractivity contribution in [2.24, 2.45) is 0 Å². The normalized spacial score (nSPS) is 20.6. The molecule has 0 spiro atoms. The average molecular weight is 235 g/mol. The summed E-state index contributed by atoms with van der Waals surface area (Å²) < 4.78 is 5.31. The van der Waals surface area contributed by atoms with Gasteiger partial charge in [0.2, 0.25) is 0 Å². The number of aromatic carboxylic acids is 1. The maximum Gasteiger partial charge on any atom is 0.335 e. The highest BCUT2D eigenvalue weighted by Gasteiger charge is 2.21. The second kappa shape index (κ2) is 5.29. The first-order valence-electron chi connectivity index (χ1n) is 5.76. The molecule has 0 radical (unpaired) electrons. The molecule has 2 rings (SSSR count). The smallest absolute Gasteiger partial charge is 0.335 e. The fourth-order valence-electron chi connectivity index (χ4n) is 2.19. The largest absolute Gasteiger partial charge is 0.478 e. The monoisotopic (exact) mass is 235 g/mol. The van der Waals surface area contributed by atoms with Crippen LogP contribution in [0.5, 0.6) is 0 Å². The number of likely N-dealkylation sites (tertiary alicyclic amines) is 1. The first-order chi connectivity index (χ1) is 8.19. The summed E-state index contributed by atoms with van der Waals surface area (Å²) in [5.74, 6) is -0.872. The molecule has 1 aliphatic heterocycles. The molecule has 4 heteroatoms. The Kier molecular flexibility index (Phi) is 3.76. The first kappa shape index (κ1) is 12.1. The predicted octanol–water partition coefficient (Wildman–Crippen LogP) is 1.61. The van der Waals surface area contributed by atoms with Crippen LogP contribution < -0.4 is 0 Å². The van der Waals surface area contributed by atoms with Crippen molar-refractivity contribution in [1.29, 1.82) is 0 Å². The van der Waals surface area contributed by atoms with Crippen LogP contribution in [-0.4, -0.2) is 42.3 Å². The lowest BCUT2D eigenvalue weighted by Crippen LogP contribution is -2.22. The number of hydrogen-bond acceptors (Lipinski definition) is 3. The molecule has 92 valence electrons. The lowest BCUT2D eigenvalue weighted by Gasteiger charge is -2.15. The maximum absolute atomic E-state index is 10.9. The topological polar surface area (TPSA) is 49.8 Å². The van der Waals surface area contributed by atoms with Crippen LogP contribution in [-0.2, 0) is 11.3 Å². The summed E-state index contributed by atoms with van der Waals surface area (Å²) in [5, 5.41) is 8.92. The lowest BCUT2D eigenvalue weighted by molar-refractivity contribution is 0.0696. The number of hydrogen-bond donors (Lipinski definition) is 1. The second-order valence-electron chi connectivity index (χ2n) is 4.39. The molecule has 1 aliphatic rings. The summed E-state index contributed by atoms with van der Waals surface area (Å²) in [7, 11) is 1.74. The Hall–Kier alpha value is -1.39. The lowest BCUT2D eigenvalue weighted by atomic mass is 10.1. The fraction of sp³-hybridized carbons (Fsp3) is 0.462. The zero-order valence-electron chi connectivity index (χ0n) is 9.93. The van der Waals surface area contributed by atoms with Crippen molar-refractivity contribution in [2.45, 2.75) is 19.1 Å². The summed E-state index contributed by atoms with van der Waals surface area (Å²) >= 11 is 0. The van der Waals surface area contributed by atoms with Crippen LogP contribution in [0.4, 0.5) is 0 Å². The van der Waals surface area contributed by atoms with Crippen LogP contribution >= 0.6 is 0 Å².